The van der Waals surface area contributed by atoms with Gasteiger partial charge in [0.05, 0.1) is 25.7 Å². The van der Waals surface area contributed by atoms with Crippen LogP contribution in [0, 0.1) is 0 Å². The van der Waals surface area contributed by atoms with Gasteiger partial charge in [-0.3, -0.25) is 4.79 Å². The molecule has 1 heterocycles. The molecule has 2 aromatic carbocycles. The second-order valence-corrected chi connectivity index (χ2v) is 7.85. The monoisotopic (exact) mass is 469 g/mol. The number of aromatic nitrogens is 3. The van der Waals surface area contributed by atoms with Gasteiger partial charge in [0.2, 0.25) is 0 Å². The van der Waals surface area contributed by atoms with E-state index in [4.69, 9.17) is 9.47 Å². The van der Waals surface area contributed by atoms with Crippen LogP contribution in [-0.4, -0.2) is 51.5 Å². The van der Waals surface area contributed by atoms with Crippen molar-refractivity contribution >= 4 is 23.4 Å². The highest BCUT2D eigenvalue weighted by atomic mass is 32.2. The summed E-state index contributed by atoms with van der Waals surface area (Å²) in [5.41, 5.74) is 5.00. The highest BCUT2D eigenvalue weighted by Gasteiger charge is 2.16. The fourth-order valence-corrected chi connectivity index (χ4v) is 3.96. The van der Waals surface area contributed by atoms with E-state index >= 15 is 0 Å². The molecule has 3 rings (SSSR count). The number of nitrogens with zero attached hydrogens (tertiary/aromatic N) is 4. The molecule has 0 spiro atoms. The summed E-state index contributed by atoms with van der Waals surface area (Å²) in [6.45, 7) is 4.58. The van der Waals surface area contributed by atoms with Gasteiger partial charge in [0, 0.05) is 12.1 Å². The highest BCUT2D eigenvalue weighted by Crippen LogP contribution is 2.32. The topological polar surface area (TPSA) is 111 Å². The molecule has 3 aromatic rings. The number of ether oxygens (including phenoxy) is 2. The quantitative estimate of drug-likeness (QED) is 0.264. The van der Waals surface area contributed by atoms with Gasteiger partial charge in [0.15, 0.2) is 22.5 Å². The van der Waals surface area contributed by atoms with E-state index < -0.39 is 0 Å². The van der Waals surface area contributed by atoms with Crippen LogP contribution in [-0.2, 0) is 11.3 Å². The number of hydrogen-bond acceptors (Lipinski definition) is 8. The number of hydrazone groups is 1. The lowest BCUT2D eigenvalue weighted by molar-refractivity contribution is -0.118. The molecule has 33 heavy (non-hydrogen) atoms. The fraction of sp³-hybridized carbons (Fsp3) is 0.304. The lowest BCUT2D eigenvalue weighted by Gasteiger charge is -2.11. The van der Waals surface area contributed by atoms with Gasteiger partial charge in [-0.1, -0.05) is 18.7 Å². The standard InChI is InChI=1S/C23H27N5O4S/c1-5-18(15-7-10-17(29)11-8-15)24-25-21(30)14-33-23-27-26-22(28(23)6-2)16-9-12-19(31-3)20(13-16)32-4/h7-13,29H,5-6,14H2,1-4H3,(H,25,30)/b24-18+. The summed E-state index contributed by atoms with van der Waals surface area (Å²) in [5, 5.41) is 22.9. The number of phenolic OH excluding ortho intramolecular Hbond substituents is 1. The summed E-state index contributed by atoms with van der Waals surface area (Å²) < 4.78 is 12.6. The van der Waals surface area contributed by atoms with Crippen molar-refractivity contribution in [2.24, 2.45) is 5.10 Å². The van der Waals surface area contributed by atoms with Crippen LogP contribution in [0.25, 0.3) is 11.4 Å². The van der Waals surface area contributed by atoms with E-state index in [9.17, 15) is 9.90 Å². The Labute approximate surface area is 196 Å². The zero-order valence-electron chi connectivity index (χ0n) is 19.0. The van der Waals surface area contributed by atoms with Crippen LogP contribution in [0.5, 0.6) is 17.2 Å². The van der Waals surface area contributed by atoms with Crippen molar-refractivity contribution in [1.82, 2.24) is 20.2 Å². The summed E-state index contributed by atoms with van der Waals surface area (Å²) in [6, 6.07) is 12.3. The van der Waals surface area contributed by atoms with Crippen LogP contribution in [0.2, 0.25) is 0 Å². The number of carbonyl (C=O) groups excluding carboxylic acids is 1. The molecular formula is C23H27N5O4S. The maximum atomic E-state index is 12.4. The number of thioether (sulfide) groups is 1. The first kappa shape index (κ1) is 24.1. The normalized spacial score (nSPS) is 11.3. The van der Waals surface area contributed by atoms with Gasteiger partial charge in [0.1, 0.15) is 5.75 Å². The molecule has 174 valence electrons. The molecule has 1 amide bonds. The fourth-order valence-electron chi connectivity index (χ4n) is 3.16. The number of carbonyl (C=O) groups is 1. The minimum absolute atomic E-state index is 0.139. The number of amides is 1. The molecular weight excluding hydrogens is 442 g/mol. The van der Waals surface area contributed by atoms with Crippen LogP contribution < -0.4 is 14.9 Å². The van der Waals surface area contributed by atoms with Gasteiger partial charge >= 0.3 is 0 Å². The van der Waals surface area contributed by atoms with Crippen molar-refractivity contribution in [3.05, 3.63) is 48.0 Å². The second kappa shape index (κ2) is 11.4. The predicted molar refractivity (Wildman–Crippen MR) is 128 cm³/mol. The number of benzene rings is 2. The van der Waals surface area contributed by atoms with Crippen molar-refractivity contribution in [2.75, 3.05) is 20.0 Å². The number of hydrogen-bond donors (Lipinski definition) is 2. The molecule has 0 saturated carbocycles. The minimum atomic E-state index is -0.247. The number of methoxy groups -OCH3 is 2. The Hall–Kier alpha value is -3.53. The Morgan fingerprint density at radius 2 is 1.82 bits per heavy atom. The first-order valence-corrected chi connectivity index (χ1v) is 11.4. The van der Waals surface area contributed by atoms with E-state index in [1.54, 1.807) is 38.5 Å². The summed E-state index contributed by atoms with van der Waals surface area (Å²) in [4.78, 5) is 12.4. The maximum Gasteiger partial charge on any atom is 0.250 e. The minimum Gasteiger partial charge on any atom is -0.508 e. The van der Waals surface area contributed by atoms with Crippen molar-refractivity contribution in [3.63, 3.8) is 0 Å². The molecule has 9 nitrogen and oxygen atoms in total. The van der Waals surface area contributed by atoms with Crippen LogP contribution >= 0.6 is 11.8 Å². The Morgan fingerprint density at radius 3 is 2.45 bits per heavy atom. The molecule has 0 radical (unpaired) electrons. The Kier molecular flexibility index (Phi) is 8.31. The second-order valence-electron chi connectivity index (χ2n) is 6.90. The molecule has 0 aliphatic carbocycles. The number of nitrogens with one attached hydrogen (secondary N) is 1. The Balaban J connectivity index is 1.69. The van der Waals surface area contributed by atoms with Crippen molar-refractivity contribution in [2.45, 2.75) is 32.0 Å². The first-order valence-electron chi connectivity index (χ1n) is 10.4. The molecule has 0 fully saturated rings. The summed E-state index contributed by atoms with van der Waals surface area (Å²) in [7, 11) is 3.17. The van der Waals surface area contributed by atoms with Crippen LogP contribution in [0.15, 0.2) is 52.7 Å². The molecule has 0 bridgehead atoms. The number of aromatic hydroxyl groups is 1. The van der Waals surface area contributed by atoms with Gasteiger partial charge in [-0.15, -0.1) is 10.2 Å². The van der Waals surface area contributed by atoms with E-state index in [0.717, 1.165) is 16.8 Å². The molecule has 0 atom stereocenters. The third-order valence-corrected chi connectivity index (χ3v) is 5.82. The molecule has 0 saturated heterocycles. The zero-order valence-corrected chi connectivity index (χ0v) is 19.8. The van der Waals surface area contributed by atoms with Crippen molar-refractivity contribution in [3.8, 4) is 28.6 Å². The lowest BCUT2D eigenvalue weighted by Crippen LogP contribution is -2.22. The molecule has 2 N–H and O–H groups in total. The van der Waals surface area contributed by atoms with E-state index in [1.165, 1.54) is 11.8 Å². The summed E-state index contributed by atoms with van der Waals surface area (Å²) in [5.74, 6) is 1.99. The summed E-state index contributed by atoms with van der Waals surface area (Å²) in [6.07, 6.45) is 0.636. The molecule has 0 unspecified atom stereocenters. The molecule has 0 aliphatic heterocycles. The van der Waals surface area contributed by atoms with E-state index in [2.05, 4.69) is 20.7 Å². The van der Waals surface area contributed by atoms with Gasteiger partial charge in [-0.2, -0.15) is 5.10 Å². The number of rotatable bonds is 10. The number of phenols is 1. The summed E-state index contributed by atoms with van der Waals surface area (Å²) >= 11 is 1.29. The van der Waals surface area contributed by atoms with Crippen LogP contribution in [0.3, 0.4) is 0 Å². The zero-order chi connectivity index (χ0) is 23.8. The molecule has 1 aromatic heterocycles. The van der Waals surface area contributed by atoms with Gasteiger partial charge in [-0.25, -0.2) is 5.43 Å². The largest absolute Gasteiger partial charge is 0.508 e. The van der Waals surface area contributed by atoms with Gasteiger partial charge in [0.25, 0.3) is 5.91 Å². The van der Waals surface area contributed by atoms with Crippen LogP contribution in [0.4, 0.5) is 0 Å². The van der Waals surface area contributed by atoms with E-state index in [-0.39, 0.29) is 17.4 Å². The van der Waals surface area contributed by atoms with Crippen LogP contribution in [0.1, 0.15) is 25.8 Å². The smallest absolute Gasteiger partial charge is 0.250 e. The molecule has 0 aliphatic rings. The Morgan fingerprint density at radius 1 is 1.09 bits per heavy atom. The van der Waals surface area contributed by atoms with E-state index in [1.807, 2.05) is 36.6 Å². The van der Waals surface area contributed by atoms with Crippen molar-refractivity contribution < 1.29 is 19.4 Å². The van der Waals surface area contributed by atoms with E-state index in [0.29, 0.717) is 35.4 Å². The third-order valence-electron chi connectivity index (χ3n) is 4.86. The van der Waals surface area contributed by atoms with Crippen molar-refractivity contribution in [1.29, 1.82) is 0 Å². The highest BCUT2D eigenvalue weighted by molar-refractivity contribution is 7.99. The average Bonchev–Trinajstić information content (AvgIpc) is 3.26. The third kappa shape index (κ3) is 5.83. The predicted octanol–water partition coefficient (Wildman–Crippen LogP) is 3.71. The Bertz CT molecular complexity index is 1130. The molecule has 10 heteroatoms. The lowest BCUT2D eigenvalue weighted by atomic mass is 10.1. The first-order chi connectivity index (χ1) is 16.0. The van der Waals surface area contributed by atoms with Gasteiger partial charge in [-0.05, 0) is 61.4 Å². The SMILES string of the molecule is CC/C(=N\NC(=O)CSc1nnc(-c2ccc(OC)c(OC)c2)n1CC)c1ccc(O)cc1. The average molecular weight is 470 g/mol. The maximum absolute atomic E-state index is 12.4. The van der Waals surface area contributed by atoms with Gasteiger partial charge < -0.3 is 19.1 Å².